The molecule has 3 rings (SSSR count). The maximum atomic E-state index is 10.9. The molecule has 6 heteroatoms. The molecule has 2 aromatic rings. The van der Waals surface area contributed by atoms with Crippen molar-refractivity contribution in [1.29, 1.82) is 0 Å². The van der Waals surface area contributed by atoms with Crippen LogP contribution in [0, 0.1) is 6.92 Å². The Morgan fingerprint density at radius 1 is 1.30 bits per heavy atom. The molecule has 0 spiro atoms. The number of hydrogen-bond acceptors (Lipinski definition) is 5. The zero-order valence-electron chi connectivity index (χ0n) is 10.9. The van der Waals surface area contributed by atoms with E-state index in [9.17, 15) is 4.79 Å². The van der Waals surface area contributed by atoms with E-state index >= 15 is 0 Å². The third-order valence-corrected chi connectivity index (χ3v) is 3.12. The van der Waals surface area contributed by atoms with E-state index in [0.29, 0.717) is 41.7 Å². The summed E-state index contributed by atoms with van der Waals surface area (Å²) in [6.07, 6.45) is -0.126. The van der Waals surface area contributed by atoms with Crippen LogP contribution >= 0.6 is 0 Å². The highest BCUT2D eigenvalue weighted by atomic mass is 16.6. The number of carboxylic acids is 1. The Balaban J connectivity index is 2.03. The van der Waals surface area contributed by atoms with Crippen LogP contribution in [0.2, 0.25) is 0 Å². The first kappa shape index (κ1) is 12.5. The topological polar surface area (TPSA) is 81.8 Å². The molecule has 20 heavy (non-hydrogen) atoms. The number of aromatic nitrogens is 1. The van der Waals surface area contributed by atoms with E-state index in [2.05, 4.69) is 5.16 Å². The van der Waals surface area contributed by atoms with E-state index in [4.69, 9.17) is 19.1 Å². The molecule has 0 saturated heterocycles. The molecule has 0 atom stereocenters. The molecule has 2 heterocycles. The Hall–Kier alpha value is -2.50. The Labute approximate surface area is 114 Å². The number of aryl methyl sites for hydroxylation is 1. The van der Waals surface area contributed by atoms with Crippen LogP contribution in [0.4, 0.5) is 0 Å². The molecule has 0 unspecified atom stereocenters. The van der Waals surface area contributed by atoms with Gasteiger partial charge in [-0.1, -0.05) is 5.16 Å². The maximum Gasteiger partial charge on any atom is 0.308 e. The molecule has 1 aromatic heterocycles. The molecule has 1 aliphatic rings. The first-order valence-electron chi connectivity index (χ1n) is 6.22. The van der Waals surface area contributed by atoms with Crippen molar-refractivity contribution in [1.82, 2.24) is 5.16 Å². The molecule has 0 bridgehead atoms. The maximum absolute atomic E-state index is 10.9. The highest BCUT2D eigenvalue weighted by Crippen LogP contribution is 2.36. The van der Waals surface area contributed by atoms with Gasteiger partial charge < -0.3 is 19.1 Å². The SMILES string of the molecule is Cc1noc(-c2ccc3c(c2)OCCO3)c1CC(=O)O. The predicted octanol–water partition coefficient (Wildman–Crippen LogP) is 2.05. The second-order valence-corrected chi connectivity index (χ2v) is 4.50. The molecule has 0 radical (unpaired) electrons. The number of ether oxygens (including phenoxy) is 2. The monoisotopic (exact) mass is 275 g/mol. The number of benzene rings is 1. The van der Waals surface area contributed by atoms with Crippen molar-refractivity contribution in [2.45, 2.75) is 13.3 Å². The van der Waals surface area contributed by atoms with Gasteiger partial charge in [0.15, 0.2) is 17.3 Å². The number of carboxylic acid groups (broad SMARTS) is 1. The number of carbonyl (C=O) groups is 1. The molecule has 104 valence electrons. The summed E-state index contributed by atoms with van der Waals surface area (Å²) in [5.41, 5.74) is 1.89. The predicted molar refractivity (Wildman–Crippen MR) is 69.0 cm³/mol. The Kier molecular flexibility index (Phi) is 3.06. The number of aliphatic carboxylic acids is 1. The lowest BCUT2D eigenvalue weighted by Crippen LogP contribution is -2.15. The van der Waals surface area contributed by atoms with Gasteiger partial charge in [-0.2, -0.15) is 0 Å². The van der Waals surface area contributed by atoms with Gasteiger partial charge >= 0.3 is 5.97 Å². The van der Waals surface area contributed by atoms with Crippen molar-refractivity contribution in [2.75, 3.05) is 13.2 Å². The zero-order chi connectivity index (χ0) is 14.1. The standard InChI is InChI=1S/C14H13NO5/c1-8-10(7-13(16)17)14(20-15-8)9-2-3-11-12(6-9)19-5-4-18-11/h2-3,6H,4-5,7H2,1H3,(H,16,17). The fourth-order valence-corrected chi connectivity index (χ4v) is 2.16. The fourth-order valence-electron chi connectivity index (χ4n) is 2.16. The van der Waals surface area contributed by atoms with E-state index in [-0.39, 0.29) is 6.42 Å². The number of nitrogens with zero attached hydrogens (tertiary/aromatic N) is 1. The van der Waals surface area contributed by atoms with Gasteiger partial charge in [-0.25, -0.2) is 0 Å². The van der Waals surface area contributed by atoms with Crippen LogP contribution in [0.25, 0.3) is 11.3 Å². The van der Waals surface area contributed by atoms with Gasteiger partial charge in [0.2, 0.25) is 0 Å². The van der Waals surface area contributed by atoms with Gasteiger partial charge in [-0.3, -0.25) is 4.79 Å². The highest BCUT2D eigenvalue weighted by molar-refractivity contribution is 5.75. The van der Waals surface area contributed by atoms with Gasteiger partial charge in [-0.15, -0.1) is 0 Å². The van der Waals surface area contributed by atoms with Crippen LogP contribution < -0.4 is 9.47 Å². The van der Waals surface area contributed by atoms with Crippen LogP contribution in [-0.4, -0.2) is 29.4 Å². The summed E-state index contributed by atoms with van der Waals surface area (Å²) in [5, 5.41) is 12.8. The van der Waals surface area contributed by atoms with Gasteiger partial charge in [0.25, 0.3) is 0 Å². The van der Waals surface area contributed by atoms with Crippen LogP contribution in [-0.2, 0) is 11.2 Å². The number of rotatable bonds is 3. The van der Waals surface area contributed by atoms with Gasteiger partial charge in [-0.05, 0) is 25.1 Å². The third kappa shape index (κ3) is 2.20. The molecule has 1 N–H and O–H groups in total. The molecular formula is C14H13NO5. The van der Waals surface area contributed by atoms with Crippen molar-refractivity contribution in [3.63, 3.8) is 0 Å². The third-order valence-electron chi connectivity index (χ3n) is 3.12. The largest absolute Gasteiger partial charge is 0.486 e. The van der Waals surface area contributed by atoms with Crippen LogP contribution in [0.15, 0.2) is 22.7 Å². The van der Waals surface area contributed by atoms with Crippen LogP contribution in [0.5, 0.6) is 11.5 Å². The normalized spacial score (nSPS) is 13.2. The van der Waals surface area contributed by atoms with E-state index in [1.54, 1.807) is 25.1 Å². The summed E-state index contributed by atoms with van der Waals surface area (Å²) in [6.45, 7) is 2.75. The average Bonchev–Trinajstić information content (AvgIpc) is 2.79. The minimum absolute atomic E-state index is 0.126. The van der Waals surface area contributed by atoms with E-state index < -0.39 is 5.97 Å². The van der Waals surface area contributed by atoms with E-state index in [1.807, 2.05) is 0 Å². The molecule has 0 amide bonds. The lowest BCUT2D eigenvalue weighted by Gasteiger charge is -2.18. The Morgan fingerprint density at radius 3 is 2.80 bits per heavy atom. The molecule has 1 aliphatic heterocycles. The lowest BCUT2D eigenvalue weighted by atomic mass is 10.0. The summed E-state index contributed by atoms with van der Waals surface area (Å²) < 4.78 is 16.2. The fraction of sp³-hybridized carbons (Fsp3) is 0.286. The molecular weight excluding hydrogens is 262 g/mol. The van der Waals surface area contributed by atoms with Crippen molar-refractivity contribution in [3.8, 4) is 22.8 Å². The lowest BCUT2D eigenvalue weighted by molar-refractivity contribution is -0.136. The quantitative estimate of drug-likeness (QED) is 0.923. The highest BCUT2D eigenvalue weighted by Gasteiger charge is 2.20. The van der Waals surface area contributed by atoms with Crippen molar-refractivity contribution in [3.05, 3.63) is 29.5 Å². The number of fused-ring (bicyclic) bond motifs is 1. The van der Waals surface area contributed by atoms with Gasteiger partial charge in [0.1, 0.15) is 13.2 Å². The Bertz CT molecular complexity index is 662. The molecule has 6 nitrogen and oxygen atoms in total. The summed E-state index contributed by atoms with van der Waals surface area (Å²) in [4.78, 5) is 10.9. The van der Waals surface area contributed by atoms with Crippen LogP contribution in [0.3, 0.4) is 0 Å². The first-order chi connectivity index (χ1) is 9.65. The minimum atomic E-state index is -0.921. The second kappa shape index (κ2) is 4.88. The smallest absolute Gasteiger partial charge is 0.308 e. The molecule has 0 saturated carbocycles. The molecule has 0 fully saturated rings. The van der Waals surface area contributed by atoms with E-state index in [0.717, 1.165) is 5.56 Å². The average molecular weight is 275 g/mol. The summed E-state index contributed by atoms with van der Waals surface area (Å²) >= 11 is 0. The zero-order valence-corrected chi connectivity index (χ0v) is 10.9. The van der Waals surface area contributed by atoms with Gasteiger partial charge in [0, 0.05) is 11.1 Å². The molecule has 1 aromatic carbocycles. The second-order valence-electron chi connectivity index (χ2n) is 4.50. The first-order valence-corrected chi connectivity index (χ1v) is 6.22. The van der Waals surface area contributed by atoms with Crippen molar-refractivity contribution >= 4 is 5.97 Å². The minimum Gasteiger partial charge on any atom is -0.486 e. The van der Waals surface area contributed by atoms with Crippen molar-refractivity contribution in [2.24, 2.45) is 0 Å². The summed E-state index contributed by atoms with van der Waals surface area (Å²) in [6, 6.07) is 5.37. The van der Waals surface area contributed by atoms with Crippen LogP contribution in [0.1, 0.15) is 11.3 Å². The summed E-state index contributed by atoms with van der Waals surface area (Å²) in [7, 11) is 0. The summed E-state index contributed by atoms with van der Waals surface area (Å²) in [5.74, 6) is 0.845. The Morgan fingerprint density at radius 2 is 2.05 bits per heavy atom. The van der Waals surface area contributed by atoms with Crippen molar-refractivity contribution < 1.29 is 23.9 Å². The molecule has 0 aliphatic carbocycles. The van der Waals surface area contributed by atoms with Gasteiger partial charge in [0.05, 0.1) is 12.1 Å². The van der Waals surface area contributed by atoms with E-state index in [1.165, 1.54) is 0 Å². The number of hydrogen-bond donors (Lipinski definition) is 1.